The lowest BCUT2D eigenvalue weighted by Gasteiger charge is -2.14. The molecular weight excluding hydrogens is 374 g/mol. The van der Waals surface area contributed by atoms with Crippen molar-refractivity contribution in [2.45, 2.75) is 18.2 Å². The number of non-ortho nitro benzene ring substituents is 1. The minimum atomic E-state index is -0.364. The molecule has 4 atom stereocenters. The number of hydrogen-bond donors (Lipinski definition) is 0. The van der Waals surface area contributed by atoms with Gasteiger partial charge in [0.25, 0.3) is 5.69 Å². The van der Waals surface area contributed by atoms with Crippen molar-refractivity contribution in [2.24, 2.45) is 4.99 Å². The zero-order chi connectivity index (χ0) is 19.3. The molecule has 0 aromatic heterocycles. The zero-order valence-electron chi connectivity index (χ0n) is 14.8. The first-order valence-corrected chi connectivity index (χ1v) is 9.41. The maximum Gasteiger partial charge on any atom is 0.269 e. The fourth-order valence-electron chi connectivity index (χ4n) is 4.03. The van der Waals surface area contributed by atoms with Crippen LogP contribution in [-0.4, -0.2) is 21.6 Å². The summed E-state index contributed by atoms with van der Waals surface area (Å²) in [5.74, 6) is 0. The number of nitro groups is 1. The molecular formula is C22H16ClN3O2. The Morgan fingerprint density at radius 2 is 1.61 bits per heavy atom. The Labute approximate surface area is 167 Å². The summed E-state index contributed by atoms with van der Waals surface area (Å²) in [4.78, 5) is 18.1. The Kier molecular flexibility index (Phi) is 4.00. The van der Waals surface area contributed by atoms with Gasteiger partial charge in [0.05, 0.1) is 22.7 Å². The Morgan fingerprint density at radius 1 is 0.893 bits per heavy atom. The Balaban J connectivity index is 1.57. The molecule has 4 unspecified atom stereocenters. The lowest BCUT2D eigenvalue weighted by atomic mass is 10.0. The average molecular weight is 390 g/mol. The number of nitro benzene ring substituents is 1. The van der Waals surface area contributed by atoms with E-state index in [4.69, 9.17) is 16.6 Å². The molecule has 6 heteroatoms. The fraction of sp³-hybridized carbons (Fsp3) is 0.136. The second kappa shape index (κ2) is 6.55. The molecule has 2 aliphatic heterocycles. The summed E-state index contributed by atoms with van der Waals surface area (Å²) in [5, 5.41) is 11.9. The summed E-state index contributed by atoms with van der Waals surface area (Å²) >= 11 is 6.05. The van der Waals surface area contributed by atoms with Crippen LogP contribution < -0.4 is 0 Å². The number of nitrogens with zero attached hydrogens (tertiary/aromatic N) is 3. The van der Waals surface area contributed by atoms with Gasteiger partial charge in [-0.25, -0.2) is 0 Å². The second-order valence-corrected chi connectivity index (χ2v) is 7.43. The number of benzene rings is 3. The van der Waals surface area contributed by atoms with Crippen molar-refractivity contribution >= 4 is 23.0 Å². The Hall–Kier alpha value is -3.02. The van der Waals surface area contributed by atoms with Gasteiger partial charge in [0.2, 0.25) is 0 Å². The molecule has 3 aromatic carbocycles. The van der Waals surface area contributed by atoms with E-state index in [0.29, 0.717) is 5.02 Å². The lowest BCUT2D eigenvalue weighted by molar-refractivity contribution is -0.384. The van der Waals surface area contributed by atoms with Crippen LogP contribution in [0.25, 0.3) is 0 Å². The van der Waals surface area contributed by atoms with E-state index in [1.54, 1.807) is 12.1 Å². The van der Waals surface area contributed by atoms with Crippen LogP contribution in [0.3, 0.4) is 0 Å². The van der Waals surface area contributed by atoms with E-state index in [1.807, 2.05) is 48.5 Å². The van der Waals surface area contributed by atoms with Crippen molar-refractivity contribution in [3.05, 3.63) is 111 Å². The van der Waals surface area contributed by atoms with Gasteiger partial charge in [-0.05, 0) is 28.8 Å². The number of rotatable bonds is 4. The molecule has 0 radical (unpaired) electrons. The maximum atomic E-state index is 11.2. The smallest absolute Gasteiger partial charge is 0.263 e. The molecule has 138 valence electrons. The molecule has 0 spiro atoms. The molecule has 5 rings (SSSR count). The van der Waals surface area contributed by atoms with Crippen LogP contribution in [0.4, 0.5) is 5.69 Å². The standard InChI is InChI=1S/C22H16ClN3O2/c23-17-11-9-14(10-12-17)19-21-20(15-5-2-1-3-6-15)25(21)22(24-19)16-7-4-8-18(13-16)26(27)28/h1-13,20-22H. The first-order valence-electron chi connectivity index (χ1n) is 9.04. The summed E-state index contributed by atoms with van der Waals surface area (Å²) in [6.07, 6.45) is -0.235. The monoisotopic (exact) mass is 389 g/mol. The molecule has 5 nitrogen and oxygen atoms in total. The van der Waals surface area contributed by atoms with Crippen molar-refractivity contribution in [2.75, 3.05) is 0 Å². The van der Waals surface area contributed by atoms with Crippen LogP contribution in [0.2, 0.25) is 5.02 Å². The molecule has 3 aromatic rings. The van der Waals surface area contributed by atoms with Gasteiger partial charge in [0.15, 0.2) is 0 Å². The Bertz CT molecular complexity index is 1080. The van der Waals surface area contributed by atoms with Crippen molar-refractivity contribution in [3.8, 4) is 0 Å². The topological polar surface area (TPSA) is 58.5 Å². The summed E-state index contributed by atoms with van der Waals surface area (Å²) in [6, 6.07) is 25.1. The summed E-state index contributed by atoms with van der Waals surface area (Å²) in [7, 11) is 0. The van der Waals surface area contributed by atoms with Crippen LogP contribution in [0, 0.1) is 10.1 Å². The fourth-order valence-corrected chi connectivity index (χ4v) is 4.16. The van der Waals surface area contributed by atoms with Crippen LogP contribution >= 0.6 is 11.6 Å². The second-order valence-electron chi connectivity index (χ2n) is 6.99. The molecule has 2 heterocycles. The van der Waals surface area contributed by atoms with Gasteiger partial charge < -0.3 is 0 Å². The van der Waals surface area contributed by atoms with E-state index >= 15 is 0 Å². The zero-order valence-corrected chi connectivity index (χ0v) is 15.5. The molecule has 0 amide bonds. The van der Waals surface area contributed by atoms with Gasteiger partial charge >= 0.3 is 0 Å². The van der Waals surface area contributed by atoms with E-state index < -0.39 is 0 Å². The van der Waals surface area contributed by atoms with E-state index in [0.717, 1.165) is 16.8 Å². The van der Waals surface area contributed by atoms with Gasteiger partial charge in [-0.15, -0.1) is 0 Å². The minimum absolute atomic E-state index is 0.0855. The SMILES string of the molecule is O=[N+]([O-])c1cccc(C2N=C(c3ccc(Cl)cc3)C3C(c4ccccc4)N23)c1. The van der Waals surface area contributed by atoms with Gasteiger partial charge in [0.1, 0.15) is 6.17 Å². The van der Waals surface area contributed by atoms with Crippen molar-refractivity contribution in [1.82, 2.24) is 4.90 Å². The van der Waals surface area contributed by atoms with Crippen LogP contribution in [0.5, 0.6) is 0 Å². The van der Waals surface area contributed by atoms with Crippen LogP contribution in [-0.2, 0) is 0 Å². The summed E-state index contributed by atoms with van der Waals surface area (Å²) in [5.41, 5.74) is 4.18. The molecule has 0 N–H and O–H groups in total. The third-order valence-corrected chi connectivity index (χ3v) is 5.59. The molecule has 1 fully saturated rings. The van der Waals surface area contributed by atoms with Crippen LogP contribution in [0.1, 0.15) is 28.9 Å². The number of aliphatic imine (C=N–C) groups is 1. The van der Waals surface area contributed by atoms with Crippen molar-refractivity contribution < 1.29 is 4.92 Å². The highest BCUT2D eigenvalue weighted by atomic mass is 35.5. The highest BCUT2D eigenvalue weighted by molar-refractivity contribution is 6.30. The highest BCUT2D eigenvalue weighted by Crippen LogP contribution is 2.55. The predicted molar refractivity (Wildman–Crippen MR) is 109 cm³/mol. The lowest BCUT2D eigenvalue weighted by Crippen LogP contribution is -2.08. The first kappa shape index (κ1) is 17.1. The number of hydrogen-bond acceptors (Lipinski definition) is 4. The van der Waals surface area contributed by atoms with E-state index in [1.165, 1.54) is 11.6 Å². The third kappa shape index (κ3) is 2.80. The van der Waals surface area contributed by atoms with E-state index in [2.05, 4.69) is 17.0 Å². The molecule has 2 aliphatic rings. The van der Waals surface area contributed by atoms with Gasteiger partial charge in [-0.2, -0.15) is 0 Å². The normalized spacial score (nSPS) is 25.1. The Morgan fingerprint density at radius 3 is 2.32 bits per heavy atom. The van der Waals surface area contributed by atoms with E-state index in [9.17, 15) is 10.1 Å². The molecule has 0 aliphatic carbocycles. The summed E-state index contributed by atoms with van der Waals surface area (Å²) < 4.78 is 0. The largest absolute Gasteiger partial charge is 0.269 e. The number of fused-ring (bicyclic) bond motifs is 1. The average Bonchev–Trinajstić information content (AvgIpc) is 3.33. The predicted octanol–water partition coefficient (Wildman–Crippen LogP) is 5.18. The van der Waals surface area contributed by atoms with Crippen LogP contribution in [0.15, 0.2) is 83.9 Å². The number of halogens is 1. The maximum absolute atomic E-state index is 11.2. The van der Waals surface area contributed by atoms with E-state index in [-0.39, 0.29) is 28.9 Å². The quantitative estimate of drug-likeness (QED) is 0.351. The molecule has 28 heavy (non-hydrogen) atoms. The van der Waals surface area contributed by atoms with Gasteiger partial charge in [-0.3, -0.25) is 20.0 Å². The molecule has 1 saturated heterocycles. The third-order valence-electron chi connectivity index (χ3n) is 5.34. The van der Waals surface area contributed by atoms with Crippen molar-refractivity contribution in [1.29, 1.82) is 0 Å². The first-order chi connectivity index (χ1) is 13.6. The van der Waals surface area contributed by atoms with Gasteiger partial charge in [0, 0.05) is 17.2 Å². The molecule has 0 bridgehead atoms. The molecule has 0 saturated carbocycles. The highest BCUT2D eigenvalue weighted by Gasteiger charge is 2.59. The van der Waals surface area contributed by atoms with Gasteiger partial charge in [-0.1, -0.05) is 66.2 Å². The minimum Gasteiger partial charge on any atom is -0.263 e. The van der Waals surface area contributed by atoms with Crippen molar-refractivity contribution in [3.63, 3.8) is 0 Å². The summed E-state index contributed by atoms with van der Waals surface area (Å²) in [6.45, 7) is 0.